The van der Waals surface area contributed by atoms with Crippen molar-refractivity contribution in [3.8, 4) is 0 Å². The normalized spacial score (nSPS) is 19.1. The van der Waals surface area contributed by atoms with Gasteiger partial charge in [-0.25, -0.2) is 0 Å². The lowest BCUT2D eigenvalue weighted by atomic mass is 10.0. The monoisotopic (exact) mass is 371 g/mol. The summed E-state index contributed by atoms with van der Waals surface area (Å²) in [6.45, 7) is 0.606. The van der Waals surface area contributed by atoms with Crippen molar-refractivity contribution >= 4 is 35.6 Å². The van der Waals surface area contributed by atoms with Crippen LogP contribution in [-0.2, 0) is 14.4 Å². The third-order valence-corrected chi connectivity index (χ3v) is 4.78. The maximum absolute atomic E-state index is 12.9. The second kappa shape index (κ2) is 8.11. The molecular formula is C19H21N3O5. The molecule has 0 aromatic heterocycles. The molecule has 0 bridgehead atoms. The Morgan fingerprint density at radius 2 is 1.93 bits per heavy atom. The Morgan fingerprint density at radius 3 is 2.67 bits per heavy atom. The molecule has 1 fully saturated rings. The molecule has 1 saturated heterocycles. The van der Waals surface area contributed by atoms with E-state index in [1.165, 1.54) is 0 Å². The van der Waals surface area contributed by atoms with Crippen molar-refractivity contribution in [2.24, 2.45) is 0 Å². The summed E-state index contributed by atoms with van der Waals surface area (Å²) in [7, 11) is 0. The summed E-state index contributed by atoms with van der Waals surface area (Å²) in [6, 6.07) is 4.01. The number of carbonyl (C=O) groups excluding carboxylic acids is 5. The van der Waals surface area contributed by atoms with E-state index in [-0.39, 0.29) is 24.0 Å². The zero-order valence-corrected chi connectivity index (χ0v) is 14.8. The van der Waals surface area contributed by atoms with Crippen molar-refractivity contribution in [2.75, 3.05) is 11.9 Å². The molecule has 1 aromatic carbocycles. The van der Waals surface area contributed by atoms with Gasteiger partial charge in [-0.3, -0.25) is 29.4 Å². The van der Waals surface area contributed by atoms with Crippen LogP contribution in [0.25, 0.3) is 0 Å². The lowest BCUT2D eigenvalue weighted by molar-refractivity contribution is -0.136. The van der Waals surface area contributed by atoms with Crippen LogP contribution in [0.3, 0.4) is 0 Å². The number of aldehydes is 1. The molecule has 3 rings (SSSR count). The molecule has 1 unspecified atom stereocenters. The SMILES string of the molecule is O=CCCCCCNc1cccc2c1C(=O)N(C1CCC(=O)NC1=O)C2=O. The Kier molecular flexibility index (Phi) is 5.63. The first-order valence-electron chi connectivity index (χ1n) is 9.06. The molecule has 142 valence electrons. The van der Waals surface area contributed by atoms with Crippen LogP contribution in [0.4, 0.5) is 5.69 Å². The average molecular weight is 371 g/mol. The smallest absolute Gasteiger partial charge is 0.264 e. The van der Waals surface area contributed by atoms with Crippen molar-refractivity contribution < 1.29 is 24.0 Å². The van der Waals surface area contributed by atoms with Gasteiger partial charge in [0.2, 0.25) is 11.8 Å². The first kappa shape index (κ1) is 18.8. The molecule has 0 spiro atoms. The van der Waals surface area contributed by atoms with Gasteiger partial charge < -0.3 is 10.1 Å². The van der Waals surface area contributed by atoms with Gasteiger partial charge >= 0.3 is 0 Å². The topological polar surface area (TPSA) is 113 Å². The zero-order valence-electron chi connectivity index (χ0n) is 14.8. The van der Waals surface area contributed by atoms with Crippen LogP contribution in [0.2, 0.25) is 0 Å². The number of unbranched alkanes of at least 4 members (excludes halogenated alkanes) is 3. The van der Waals surface area contributed by atoms with Crippen LogP contribution in [-0.4, -0.2) is 47.4 Å². The predicted molar refractivity (Wildman–Crippen MR) is 96.1 cm³/mol. The van der Waals surface area contributed by atoms with E-state index in [0.29, 0.717) is 18.7 Å². The van der Waals surface area contributed by atoms with Gasteiger partial charge in [0, 0.05) is 25.1 Å². The van der Waals surface area contributed by atoms with Gasteiger partial charge in [-0.05, 0) is 31.4 Å². The Bertz CT molecular complexity index is 805. The number of carbonyl (C=O) groups is 5. The number of imide groups is 2. The summed E-state index contributed by atoms with van der Waals surface area (Å²) in [5, 5.41) is 5.35. The maximum atomic E-state index is 12.9. The molecule has 2 aliphatic heterocycles. The van der Waals surface area contributed by atoms with Gasteiger partial charge in [-0.15, -0.1) is 0 Å². The first-order chi connectivity index (χ1) is 13.0. The van der Waals surface area contributed by atoms with Crippen LogP contribution in [0.1, 0.15) is 59.2 Å². The van der Waals surface area contributed by atoms with E-state index in [1.807, 2.05) is 0 Å². The molecule has 1 aromatic rings. The highest BCUT2D eigenvalue weighted by molar-refractivity contribution is 6.25. The zero-order chi connectivity index (χ0) is 19.4. The van der Waals surface area contributed by atoms with E-state index in [0.717, 1.165) is 30.4 Å². The number of nitrogens with one attached hydrogen (secondary N) is 2. The van der Waals surface area contributed by atoms with E-state index < -0.39 is 29.7 Å². The van der Waals surface area contributed by atoms with Gasteiger partial charge in [0.15, 0.2) is 0 Å². The van der Waals surface area contributed by atoms with Crippen LogP contribution >= 0.6 is 0 Å². The lowest BCUT2D eigenvalue weighted by Gasteiger charge is -2.27. The largest absolute Gasteiger partial charge is 0.384 e. The van der Waals surface area contributed by atoms with Gasteiger partial charge in [-0.1, -0.05) is 12.5 Å². The van der Waals surface area contributed by atoms with E-state index in [9.17, 15) is 24.0 Å². The van der Waals surface area contributed by atoms with Crippen molar-refractivity contribution in [1.82, 2.24) is 10.2 Å². The van der Waals surface area contributed by atoms with Gasteiger partial charge in [0.1, 0.15) is 12.3 Å². The number of rotatable bonds is 8. The van der Waals surface area contributed by atoms with Crippen LogP contribution in [0.15, 0.2) is 18.2 Å². The maximum Gasteiger partial charge on any atom is 0.264 e. The molecule has 0 radical (unpaired) electrons. The number of nitrogens with zero attached hydrogens (tertiary/aromatic N) is 1. The molecular weight excluding hydrogens is 350 g/mol. The fraction of sp³-hybridized carbons (Fsp3) is 0.421. The Hall–Kier alpha value is -3.03. The summed E-state index contributed by atoms with van der Waals surface area (Å²) < 4.78 is 0. The first-order valence-corrected chi connectivity index (χ1v) is 9.06. The van der Waals surface area contributed by atoms with Crippen molar-refractivity contribution in [1.29, 1.82) is 0 Å². The number of piperidine rings is 1. The fourth-order valence-electron chi connectivity index (χ4n) is 3.41. The molecule has 8 nitrogen and oxygen atoms in total. The highest BCUT2D eigenvalue weighted by Crippen LogP contribution is 2.32. The van der Waals surface area contributed by atoms with Crippen molar-refractivity contribution in [3.05, 3.63) is 29.3 Å². The summed E-state index contributed by atoms with van der Waals surface area (Å²) in [5.41, 5.74) is 1.08. The standard InChI is InChI=1S/C19H21N3O5/c23-11-4-2-1-3-10-20-13-7-5-6-12-16(13)19(27)22(18(12)26)14-8-9-15(24)21-17(14)25/h5-7,11,14,20H,1-4,8-10H2,(H,21,24,25). The Balaban J connectivity index is 1.73. The van der Waals surface area contributed by atoms with Crippen LogP contribution in [0, 0.1) is 0 Å². The average Bonchev–Trinajstić information content (AvgIpc) is 2.90. The van der Waals surface area contributed by atoms with E-state index in [4.69, 9.17) is 0 Å². The number of anilines is 1. The summed E-state index contributed by atoms with van der Waals surface area (Å²) in [6.07, 6.45) is 4.19. The van der Waals surface area contributed by atoms with E-state index in [1.54, 1.807) is 18.2 Å². The Morgan fingerprint density at radius 1 is 1.11 bits per heavy atom. The minimum Gasteiger partial charge on any atom is -0.384 e. The number of hydrogen-bond donors (Lipinski definition) is 2. The predicted octanol–water partition coefficient (Wildman–Crippen LogP) is 1.26. The number of hydrogen-bond acceptors (Lipinski definition) is 6. The summed E-state index contributed by atoms with van der Waals surface area (Å²) in [4.78, 5) is 60.3. The van der Waals surface area contributed by atoms with E-state index in [2.05, 4.69) is 10.6 Å². The lowest BCUT2D eigenvalue weighted by Crippen LogP contribution is -2.54. The third-order valence-electron chi connectivity index (χ3n) is 4.78. The van der Waals surface area contributed by atoms with Crippen molar-refractivity contribution in [2.45, 2.75) is 44.6 Å². The molecule has 2 heterocycles. The van der Waals surface area contributed by atoms with Gasteiger partial charge in [-0.2, -0.15) is 0 Å². The minimum absolute atomic E-state index is 0.0930. The highest BCUT2D eigenvalue weighted by Gasteiger charge is 2.45. The second-order valence-electron chi connectivity index (χ2n) is 6.62. The molecule has 1 atom stereocenters. The molecule has 0 aliphatic carbocycles. The van der Waals surface area contributed by atoms with E-state index >= 15 is 0 Å². The van der Waals surface area contributed by atoms with Gasteiger partial charge in [0.25, 0.3) is 11.8 Å². The molecule has 8 heteroatoms. The third kappa shape index (κ3) is 3.74. The molecule has 27 heavy (non-hydrogen) atoms. The second-order valence-corrected chi connectivity index (χ2v) is 6.62. The van der Waals surface area contributed by atoms with Crippen LogP contribution < -0.4 is 10.6 Å². The minimum atomic E-state index is -0.966. The Labute approximate surface area is 156 Å². The number of benzene rings is 1. The fourth-order valence-corrected chi connectivity index (χ4v) is 3.41. The molecule has 0 saturated carbocycles. The number of fused-ring (bicyclic) bond motifs is 1. The quantitative estimate of drug-likeness (QED) is 0.404. The van der Waals surface area contributed by atoms with Crippen LogP contribution in [0.5, 0.6) is 0 Å². The number of amides is 4. The molecule has 4 amide bonds. The molecule has 2 aliphatic rings. The van der Waals surface area contributed by atoms with Gasteiger partial charge in [0.05, 0.1) is 11.1 Å². The summed E-state index contributed by atoms with van der Waals surface area (Å²) in [5.74, 6) is -2.05. The van der Waals surface area contributed by atoms with Crippen molar-refractivity contribution in [3.63, 3.8) is 0 Å². The summed E-state index contributed by atoms with van der Waals surface area (Å²) >= 11 is 0. The highest BCUT2D eigenvalue weighted by atomic mass is 16.2. The molecule has 2 N–H and O–H groups in total.